The zero-order chi connectivity index (χ0) is 12.3. The van der Waals surface area contributed by atoms with Crippen molar-refractivity contribution in [3.05, 3.63) is 29.3 Å². The molecule has 1 aromatic carbocycles. The Labute approximate surface area is 102 Å². The maximum absolute atomic E-state index is 12.3. The van der Waals surface area contributed by atoms with Gasteiger partial charge in [0, 0.05) is 13.1 Å². The Bertz CT molecular complexity index is 407. The smallest absolute Gasteiger partial charge is 0.257 e. The minimum absolute atomic E-state index is 0.0376. The summed E-state index contributed by atoms with van der Waals surface area (Å²) < 4.78 is 0. The maximum Gasteiger partial charge on any atom is 0.257 e. The van der Waals surface area contributed by atoms with Gasteiger partial charge in [-0.05, 0) is 37.5 Å². The molecule has 0 saturated carbocycles. The van der Waals surface area contributed by atoms with Crippen LogP contribution in [0.4, 0.5) is 0 Å². The van der Waals surface area contributed by atoms with Gasteiger partial charge >= 0.3 is 0 Å². The lowest BCUT2D eigenvalue weighted by Crippen LogP contribution is -2.31. The Morgan fingerprint density at radius 2 is 1.82 bits per heavy atom. The van der Waals surface area contributed by atoms with Crippen molar-refractivity contribution < 1.29 is 9.90 Å². The van der Waals surface area contributed by atoms with Gasteiger partial charge in [-0.2, -0.15) is 0 Å². The van der Waals surface area contributed by atoms with Crippen LogP contribution in [0.5, 0.6) is 5.75 Å². The molecule has 0 bridgehead atoms. The van der Waals surface area contributed by atoms with Gasteiger partial charge in [-0.15, -0.1) is 0 Å². The highest BCUT2D eigenvalue weighted by Gasteiger charge is 2.19. The fraction of sp³-hybridized carbons (Fsp3) is 0.500. The molecular formula is C14H19NO2. The molecule has 3 nitrogen and oxygen atoms in total. The number of nitrogens with zero attached hydrogens (tertiary/aromatic N) is 1. The van der Waals surface area contributed by atoms with Gasteiger partial charge in [0.25, 0.3) is 5.91 Å². The number of phenolic OH excluding ortho intramolecular Hbond substituents is 1. The van der Waals surface area contributed by atoms with Crippen LogP contribution < -0.4 is 0 Å². The third-order valence-electron chi connectivity index (χ3n) is 3.28. The summed E-state index contributed by atoms with van der Waals surface area (Å²) in [4.78, 5) is 14.1. The summed E-state index contributed by atoms with van der Waals surface area (Å²) in [7, 11) is 0. The Morgan fingerprint density at radius 1 is 1.18 bits per heavy atom. The van der Waals surface area contributed by atoms with Crippen molar-refractivity contribution in [2.24, 2.45) is 0 Å². The van der Waals surface area contributed by atoms with E-state index in [1.165, 1.54) is 12.8 Å². The molecule has 1 amide bonds. The molecule has 3 heteroatoms. The Kier molecular flexibility index (Phi) is 3.67. The average molecular weight is 233 g/mol. The van der Waals surface area contributed by atoms with Crippen molar-refractivity contribution in [2.75, 3.05) is 13.1 Å². The van der Waals surface area contributed by atoms with Crippen LogP contribution >= 0.6 is 0 Å². The van der Waals surface area contributed by atoms with E-state index in [4.69, 9.17) is 0 Å². The van der Waals surface area contributed by atoms with Crippen LogP contribution in [0.1, 0.15) is 41.6 Å². The Balaban J connectivity index is 2.17. The second-order valence-electron chi connectivity index (χ2n) is 4.73. The summed E-state index contributed by atoms with van der Waals surface area (Å²) in [5, 5.41) is 9.82. The van der Waals surface area contributed by atoms with E-state index < -0.39 is 0 Å². The summed E-state index contributed by atoms with van der Waals surface area (Å²) in [6, 6.07) is 5.23. The molecular weight excluding hydrogens is 214 g/mol. The fourth-order valence-electron chi connectivity index (χ4n) is 2.27. The number of hydrogen-bond acceptors (Lipinski definition) is 2. The molecule has 0 spiro atoms. The molecule has 1 aliphatic heterocycles. The summed E-state index contributed by atoms with van der Waals surface area (Å²) in [6.07, 6.45) is 4.53. The maximum atomic E-state index is 12.3. The largest absolute Gasteiger partial charge is 0.507 e. The van der Waals surface area contributed by atoms with E-state index in [0.29, 0.717) is 5.56 Å². The van der Waals surface area contributed by atoms with Crippen LogP contribution in [-0.2, 0) is 0 Å². The Morgan fingerprint density at radius 3 is 2.41 bits per heavy atom. The van der Waals surface area contributed by atoms with Crippen LogP contribution in [0.25, 0.3) is 0 Å². The van der Waals surface area contributed by atoms with Gasteiger partial charge in [0.2, 0.25) is 0 Å². The summed E-state index contributed by atoms with van der Waals surface area (Å²) in [5.74, 6) is 0.0589. The normalized spacial score (nSPS) is 16.6. The number of rotatable bonds is 1. The van der Waals surface area contributed by atoms with Crippen molar-refractivity contribution in [2.45, 2.75) is 32.6 Å². The van der Waals surface area contributed by atoms with Crippen LogP contribution in [0.3, 0.4) is 0 Å². The fourth-order valence-corrected chi connectivity index (χ4v) is 2.27. The van der Waals surface area contributed by atoms with Crippen LogP contribution in [0, 0.1) is 6.92 Å². The molecule has 1 aliphatic rings. The predicted octanol–water partition coefficient (Wildman–Crippen LogP) is 2.72. The van der Waals surface area contributed by atoms with Gasteiger partial charge in [0.1, 0.15) is 5.75 Å². The van der Waals surface area contributed by atoms with Crippen LogP contribution in [0.15, 0.2) is 18.2 Å². The lowest BCUT2D eigenvalue weighted by Gasteiger charge is -2.20. The van der Waals surface area contributed by atoms with E-state index in [1.807, 2.05) is 17.9 Å². The highest BCUT2D eigenvalue weighted by atomic mass is 16.3. The molecule has 17 heavy (non-hydrogen) atoms. The minimum Gasteiger partial charge on any atom is -0.507 e. The molecule has 1 fully saturated rings. The first-order valence-corrected chi connectivity index (χ1v) is 6.27. The third kappa shape index (κ3) is 2.78. The number of aromatic hydroxyl groups is 1. The van der Waals surface area contributed by atoms with Crippen LogP contribution in [-0.4, -0.2) is 29.0 Å². The highest BCUT2D eigenvalue weighted by molar-refractivity contribution is 5.96. The molecule has 0 aromatic heterocycles. The molecule has 0 atom stereocenters. The van der Waals surface area contributed by atoms with E-state index in [2.05, 4.69) is 0 Å². The number of phenols is 1. The van der Waals surface area contributed by atoms with E-state index >= 15 is 0 Å². The van der Waals surface area contributed by atoms with Crippen LogP contribution in [0.2, 0.25) is 0 Å². The van der Waals surface area contributed by atoms with Crippen molar-refractivity contribution in [1.29, 1.82) is 0 Å². The van der Waals surface area contributed by atoms with Gasteiger partial charge in [0.05, 0.1) is 5.56 Å². The van der Waals surface area contributed by atoms with Gasteiger partial charge < -0.3 is 10.0 Å². The lowest BCUT2D eigenvalue weighted by molar-refractivity contribution is 0.0758. The van der Waals surface area contributed by atoms with Crippen molar-refractivity contribution in [1.82, 2.24) is 4.90 Å². The average Bonchev–Trinajstić information content (AvgIpc) is 2.56. The standard InChI is InChI=1S/C14H19NO2/c1-11-6-7-12(13(16)10-11)14(17)15-8-4-2-3-5-9-15/h6-7,10,16H,2-5,8-9H2,1H3. The zero-order valence-electron chi connectivity index (χ0n) is 10.3. The molecule has 92 valence electrons. The Hall–Kier alpha value is -1.51. The molecule has 0 unspecified atom stereocenters. The quantitative estimate of drug-likeness (QED) is 0.810. The first-order valence-electron chi connectivity index (χ1n) is 6.27. The number of carbonyl (C=O) groups excluding carboxylic acids is 1. The molecule has 1 aromatic rings. The number of hydrogen-bond donors (Lipinski definition) is 1. The highest BCUT2D eigenvalue weighted by Crippen LogP contribution is 2.21. The number of amides is 1. The first kappa shape index (κ1) is 12.0. The van der Waals surface area contributed by atoms with Crippen molar-refractivity contribution in [3.8, 4) is 5.75 Å². The molecule has 1 heterocycles. The van der Waals surface area contributed by atoms with Gasteiger partial charge in [-0.3, -0.25) is 4.79 Å². The van der Waals surface area contributed by atoms with E-state index in [-0.39, 0.29) is 11.7 Å². The minimum atomic E-state index is -0.0376. The van der Waals surface area contributed by atoms with E-state index in [9.17, 15) is 9.90 Å². The van der Waals surface area contributed by atoms with Gasteiger partial charge in [-0.25, -0.2) is 0 Å². The van der Waals surface area contributed by atoms with E-state index in [0.717, 1.165) is 31.5 Å². The summed E-state index contributed by atoms with van der Waals surface area (Å²) >= 11 is 0. The molecule has 0 radical (unpaired) electrons. The molecule has 1 N–H and O–H groups in total. The predicted molar refractivity (Wildman–Crippen MR) is 67.2 cm³/mol. The second kappa shape index (κ2) is 5.21. The summed E-state index contributed by atoms with van der Waals surface area (Å²) in [5.41, 5.74) is 1.40. The molecule has 1 saturated heterocycles. The lowest BCUT2D eigenvalue weighted by atomic mass is 10.1. The second-order valence-corrected chi connectivity index (χ2v) is 4.73. The van der Waals surface area contributed by atoms with Gasteiger partial charge in [0.15, 0.2) is 0 Å². The van der Waals surface area contributed by atoms with Crippen molar-refractivity contribution >= 4 is 5.91 Å². The number of aryl methyl sites for hydroxylation is 1. The first-order chi connectivity index (χ1) is 8.18. The summed E-state index contributed by atoms with van der Waals surface area (Å²) in [6.45, 7) is 3.53. The molecule has 2 rings (SSSR count). The third-order valence-corrected chi connectivity index (χ3v) is 3.28. The number of carbonyl (C=O) groups is 1. The number of likely N-dealkylation sites (tertiary alicyclic amines) is 1. The molecule has 0 aliphatic carbocycles. The topological polar surface area (TPSA) is 40.5 Å². The van der Waals surface area contributed by atoms with E-state index in [1.54, 1.807) is 12.1 Å². The SMILES string of the molecule is Cc1ccc(C(=O)N2CCCCCC2)c(O)c1. The number of benzene rings is 1. The zero-order valence-corrected chi connectivity index (χ0v) is 10.3. The monoisotopic (exact) mass is 233 g/mol. The van der Waals surface area contributed by atoms with Crippen molar-refractivity contribution in [3.63, 3.8) is 0 Å². The van der Waals surface area contributed by atoms with Gasteiger partial charge in [-0.1, -0.05) is 18.9 Å².